The largest absolute Gasteiger partial charge is 0.481 e. The van der Waals surface area contributed by atoms with Crippen LogP contribution < -0.4 is 10.1 Å². The van der Waals surface area contributed by atoms with Gasteiger partial charge in [-0.05, 0) is 18.2 Å². The van der Waals surface area contributed by atoms with Crippen LogP contribution in [0, 0.1) is 12.3 Å². The number of ether oxygens (including phenoxy) is 1. The van der Waals surface area contributed by atoms with Crippen molar-refractivity contribution >= 4 is 40.5 Å². The van der Waals surface area contributed by atoms with Crippen LogP contribution in [0.15, 0.2) is 36.4 Å². The van der Waals surface area contributed by atoms with Gasteiger partial charge < -0.3 is 10.1 Å². The van der Waals surface area contributed by atoms with Gasteiger partial charge in [0.05, 0.1) is 15.7 Å². The third-order valence-corrected chi connectivity index (χ3v) is 3.56. The SMILES string of the molecule is C#CCOc1ccccc1CNc1c(Cl)cc(Cl)cc1Cl. The number of anilines is 1. The van der Waals surface area contributed by atoms with E-state index in [4.69, 9.17) is 46.0 Å². The molecule has 1 N–H and O–H groups in total. The van der Waals surface area contributed by atoms with Crippen molar-refractivity contribution in [1.29, 1.82) is 0 Å². The Kier molecular flexibility index (Phi) is 5.64. The zero-order valence-corrected chi connectivity index (χ0v) is 13.3. The van der Waals surface area contributed by atoms with Gasteiger partial charge in [0.2, 0.25) is 0 Å². The van der Waals surface area contributed by atoms with E-state index < -0.39 is 0 Å². The molecule has 2 aromatic rings. The molecule has 0 unspecified atom stereocenters. The maximum absolute atomic E-state index is 6.14. The van der Waals surface area contributed by atoms with E-state index in [-0.39, 0.29) is 6.61 Å². The quantitative estimate of drug-likeness (QED) is 0.749. The van der Waals surface area contributed by atoms with E-state index in [1.54, 1.807) is 12.1 Å². The highest BCUT2D eigenvalue weighted by Gasteiger charge is 2.09. The first-order valence-corrected chi connectivity index (χ1v) is 7.28. The molecule has 2 nitrogen and oxygen atoms in total. The Bertz CT molecular complexity index is 656. The predicted molar refractivity (Wildman–Crippen MR) is 89.6 cm³/mol. The minimum Gasteiger partial charge on any atom is -0.481 e. The lowest BCUT2D eigenvalue weighted by Crippen LogP contribution is -2.04. The molecule has 108 valence electrons. The van der Waals surface area contributed by atoms with E-state index in [0.29, 0.717) is 27.3 Å². The van der Waals surface area contributed by atoms with E-state index >= 15 is 0 Å². The van der Waals surface area contributed by atoms with Crippen LogP contribution >= 0.6 is 34.8 Å². The minimum atomic E-state index is 0.222. The second-order valence-electron chi connectivity index (χ2n) is 4.20. The molecule has 2 rings (SSSR count). The summed E-state index contributed by atoms with van der Waals surface area (Å²) in [6, 6.07) is 10.9. The Morgan fingerprint density at radius 2 is 1.76 bits per heavy atom. The summed E-state index contributed by atoms with van der Waals surface area (Å²) in [5.74, 6) is 3.17. The van der Waals surface area contributed by atoms with Crippen molar-refractivity contribution in [1.82, 2.24) is 0 Å². The Morgan fingerprint density at radius 1 is 1.10 bits per heavy atom. The van der Waals surface area contributed by atoms with Gasteiger partial charge >= 0.3 is 0 Å². The molecule has 0 amide bonds. The molecule has 0 heterocycles. The molecule has 0 saturated carbocycles. The molecule has 0 radical (unpaired) electrons. The van der Waals surface area contributed by atoms with Crippen molar-refractivity contribution in [2.45, 2.75) is 6.54 Å². The molecule has 0 aliphatic carbocycles. The Morgan fingerprint density at radius 3 is 2.43 bits per heavy atom. The minimum absolute atomic E-state index is 0.222. The van der Waals surface area contributed by atoms with Gasteiger partial charge in [-0.15, -0.1) is 6.42 Å². The Hall–Kier alpha value is -1.53. The van der Waals surface area contributed by atoms with E-state index in [0.717, 1.165) is 11.3 Å². The molecule has 0 atom stereocenters. The van der Waals surface area contributed by atoms with Gasteiger partial charge in [0, 0.05) is 17.1 Å². The molecule has 0 saturated heterocycles. The monoisotopic (exact) mass is 339 g/mol. The average Bonchev–Trinajstić information content (AvgIpc) is 2.45. The number of hydrogen-bond donors (Lipinski definition) is 1. The van der Waals surface area contributed by atoms with Crippen LogP contribution in [0.1, 0.15) is 5.56 Å². The first-order chi connectivity index (χ1) is 10.1. The van der Waals surface area contributed by atoms with Crippen LogP contribution in [-0.4, -0.2) is 6.61 Å². The van der Waals surface area contributed by atoms with Crippen molar-refractivity contribution in [2.24, 2.45) is 0 Å². The van der Waals surface area contributed by atoms with Crippen LogP contribution in [0.3, 0.4) is 0 Å². The molecule has 0 aliphatic rings. The van der Waals surface area contributed by atoms with E-state index in [2.05, 4.69) is 11.2 Å². The van der Waals surface area contributed by atoms with E-state index in [1.807, 2.05) is 24.3 Å². The van der Waals surface area contributed by atoms with Gasteiger partial charge in [-0.3, -0.25) is 0 Å². The second kappa shape index (κ2) is 7.47. The summed E-state index contributed by atoms with van der Waals surface area (Å²) < 4.78 is 5.49. The number of para-hydroxylation sites is 1. The summed E-state index contributed by atoms with van der Waals surface area (Å²) in [6.07, 6.45) is 5.21. The van der Waals surface area contributed by atoms with Crippen LogP contribution in [0.25, 0.3) is 0 Å². The number of nitrogens with one attached hydrogen (secondary N) is 1. The maximum Gasteiger partial charge on any atom is 0.148 e. The van der Waals surface area contributed by atoms with E-state index in [1.165, 1.54) is 0 Å². The molecule has 5 heteroatoms. The van der Waals surface area contributed by atoms with Crippen molar-refractivity contribution in [3.63, 3.8) is 0 Å². The number of rotatable bonds is 5. The second-order valence-corrected chi connectivity index (χ2v) is 5.45. The summed E-state index contributed by atoms with van der Waals surface area (Å²) in [5, 5.41) is 4.62. The van der Waals surface area contributed by atoms with Crippen LogP contribution in [0.5, 0.6) is 5.75 Å². The standard InChI is InChI=1S/C16H12Cl3NO/c1-2-7-21-15-6-4-3-5-11(15)10-20-16-13(18)8-12(17)9-14(16)19/h1,3-6,8-9,20H,7,10H2. The average molecular weight is 341 g/mol. The van der Waals surface area contributed by atoms with Gasteiger partial charge in [0.25, 0.3) is 0 Å². The van der Waals surface area contributed by atoms with Gasteiger partial charge in [-0.2, -0.15) is 0 Å². The molecule has 0 aliphatic heterocycles. The van der Waals surface area contributed by atoms with Crippen molar-refractivity contribution < 1.29 is 4.74 Å². The van der Waals surface area contributed by atoms with Crippen molar-refractivity contribution in [2.75, 3.05) is 11.9 Å². The van der Waals surface area contributed by atoms with Crippen LogP contribution in [0.4, 0.5) is 5.69 Å². The zero-order chi connectivity index (χ0) is 15.2. The van der Waals surface area contributed by atoms with Crippen molar-refractivity contribution in [3.8, 4) is 18.1 Å². The third-order valence-electron chi connectivity index (χ3n) is 2.75. The summed E-state index contributed by atoms with van der Waals surface area (Å²) >= 11 is 18.2. The normalized spacial score (nSPS) is 10.0. The lowest BCUT2D eigenvalue weighted by molar-refractivity contribution is 0.366. The molecular formula is C16H12Cl3NO. The fourth-order valence-electron chi connectivity index (χ4n) is 1.80. The lowest BCUT2D eigenvalue weighted by Gasteiger charge is -2.13. The van der Waals surface area contributed by atoms with Gasteiger partial charge in [-0.25, -0.2) is 0 Å². The molecular weight excluding hydrogens is 329 g/mol. The highest BCUT2D eigenvalue weighted by molar-refractivity contribution is 6.41. The highest BCUT2D eigenvalue weighted by atomic mass is 35.5. The van der Waals surface area contributed by atoms with Gasteiger partial charge in [-0.1, -0.05) is 58.9 Å². The molecule has 0 aromatic heterocycles. The summed E-state index contributed by atoms with van der Waals surface area (Å²) in [5.41, 5.74) is 1.59. The number of benzene rings is 2. The number of hydrogen-bond acceptors (Lipinski definition) is 2. The number of terminal acetylenes is 1. The first-order valence-electron chi connectivity index (χ1n) is 6.14. The Balaban J connectivity index is 2.16. The molecule has 0 spiro atoms. The summed E-state index contributed by atoms with van der Waals surface area (Å²) in [4.78, 5) is 0. The topological polar surface area (TPSA) is 21.3 Å². The molecule has 2 aromatic carbocycles. The fraction of sp³-hybridized carbons (Fsp3) is 0.125. The van der Waals surface area contributed by atoms with Crippen LogP contribution in [0.2, 0.25) is 15.1 Å². The van der Waals surface area contributed by atoms with E-state index in [9.17, 15) is 0 Å². The predicted octanol–water partition coefficient (Wildman–Crippen LogP) is 5.27. The van der Waals surface area contributed by atoms with Crippen molar-refractivity contribution in [3.05, 3.63) is 57.0 Å². The summed E-state index contributed by atoms with van der Waals surface area (Å²) in [7, 11) is 0. The first kappa shape index (κ1) is 15.9. The fourth-order valence-corrected chi connectivity index (χ4v) is 2.76. The highest BCUT2D eigenvalue weighted by Crippen LogP contribution is 2.34. The maximum atomic E-state index is 6.14. The van der Waals surface area contributed by atoms with Gasteiger partial charge in [0.15, 0.2) is 0 Å². The Labute approximate surface area is 139 Å². The molecule has 21 heavy (non-hydrogen) atoms. The smallest absolute Gasteiger partial charge is 0.148 e. The third kappa shape index (κ3) is 4.22. The zero-order valence-electron chi connectivity index (χ0n) is 11.0. The molecule has 0 bridgehead atoms. The molecule has 0 fully saturated rings. The van der Waals surface area contributed by atoms with Gasteiger partial charge in [0.1, 0.15) is 12.4 Å². The number of halogens is 3. The summed E-state index contributed by atoms with van der Waals surface area (Å²) in [6.45, 7) is 0.723. The van der Waals surface area contributed by atoms with Crippen LogP contribution in [-0.2, 0) is 6.54 Å². The lowest BCUT2D eigenvalue weighted by atomic mass is 10.2.